The molecule has 0 N–H and O–H groups in total. The van der Waals surface area contributed by atoms with Crippen LogP contribution in [-0.2, 0) is 11.2 Å². The van der Waals surface area contributed by atoms with Gasteiger partial charge in [0.2, 0.25) is 5.91 Å². The van der Waals surface area contributed by atoms with E-state index >= 15 is 0 Å². The number of carbonyl (C=O) groups excluding carboxylic acids is 1. The van der Waals surface area contributed by atoms with Crippen molar-refractivity contribution in [3.8, 4) is 16.9 Å². The first-order valence-electron chi connectivity index (χ1n) is 16.0. The second-order valence-electron chi connectivity index (χ2n) is 12.5. The van der Waals surface area contributed by atoms with E-state index < -0.39 is 5.69 Å². The van der Waals surface area contributed by atoms with Crippen LogP contribution >= 0.6 is 11.6 Å². The lowest BCUT2D eigenvalue weighted by Crippen LogP contribution is -2.54. The summed E-state index contributed by atoms with van der Waals surface area (Å²) < 4.78 is 1.63. The van der Waals surface area contributed by atoms with E-state index in [1.165, 1.54) is 0 Å². The summed E-state index contributed by atoms with van der Waals surface area (Å²) >= 11 is 7.10. The second kappa shape index (κ2) is 13.8. The third-order valence-electron chi connectivity index (χ3n) is 8.61. The Morgan fingerprint density at radius 2 is 1.87 bits per heavy atom. The van der Waals surface area contributed by atoms with Gasteiger partial charge in [0.15, 0.2) is 5.65 Å². The number of amides is 1. The Hall–Kier alpha value is -4.04. The van der Waals surface area contributed by atoms with Gasteiger partial charge in [-0.05, 0) is 48.0 Å². The van der Waals surface area contributed by atoms with Crippen LogP contribution < -0.4 is 10.6 Å². The Kier molecular flexibility index (Phi) is 9.96. The first-order valence-corrected chi connectivity index (χ1v) is 16.4. The number of hydrogen-bond donors (Lipinski definition) is 0. The van der Waals surface area contributed by atoms with E-state index in [9.17, 15) is 9.59 Å². The minimum absolute atomic E-state index is 0.0245. The summed E-state index contributed by atoms with van der Waals surface area (Å²) in [5.41, 5.74) is 5.72. The van der Waals surface area contributed by atoms with E-state index in [0.29, 0.717) is 59.1 Å². The van der Waals surface area contributed by atoms with E-state index in [-0.39, 0.29) is 17.9 Å². The van der Waals surface area contributed by atoms with Crippen LogP contribution in [0.3, 0.4) is 0 Å². The highest BCUT2D eigenvalue weighted by Gasteiger charge is 2.31. The number of carbonyl (C=O) groups is 1. The van der Waals surface area contributed by atoms with Gasteiger partial charge >= 0.3 is 5.69 Å². The van der Waals surface area contributed by atoms with Gasteiger partial charge in [-0.2, -0.15) is 4.98 Å². The molecule has 1 fully saturated rings. The molecule has 1 aliphatic rings. The number of aryl methyl sites for hydroxylation is 1. The van der Waals surface area contributed by atoms with Crippen molar-refractivity contribution in [3.63, 3.8) is 0 Å². The van der Waals surface area contributed by atoms with Gasteiger partial charge < -0.3 is 9.80 Å². The molecule has 8 nitrogen and oxygen atoms in total. The molecule has 4 heterocycles. The standard InChI is InChI=1S/C33H39B4ClN6O2/c1-5-20-10-11-39-27(18(2)3)29(20)44-31-23(15-25(38)28(40-31)22-9-7-6-8-21(22)14-26(36)37)30(41-33(44)46)43-13-12-42(17-19(43)4)32(45)24(35)16-34/h6-11,14-16,18-19H,5,12-13,17,34-37H2,1-4H3/b24-16-/t19-/m0/s1. The van der Waals surface area contributed by atoms with Crippen molar-refractivity contribution in [3.05, 3.63) is 91.7 Å². The minimum atomic E-state index is -0.430. The Morgan fingerprint density at radius 3 is 2.52 bits per heavy atom. The van der Waals surface area contributed by atoms with Crippen LogP contribution in [0.4, 0.5) is 5.82 Å². The molecule has 1 aromatic carbocycles. The van der Waals surface area contributed by atoms with Gasteiger partial charge in [-0.3, -0.25) is 9.78 Å². The number of piperazine rings is 1. The van der Waals surface area contributed by atoms with Crippen LogP contribution in [0, 0.1) is 0 Å². The van der Waals surface area contributed by atoms with Crippen LogP contribution in [0.2, 0.25) is 5.02 Å². The molecule has 1 amide bonds. The Morgan fingerprint density at radius 1 is 1.13 bits per heavy atom. The normalized spacial score (nSPS) is 15.4. The summed E-state index contributed by atoms with van der Waals surface area (Å²) in [6, 6.07) is 11.8. The third kappa shape index (κ3) is 6.32. The highest BCUT2D eigenvalue weighted by atomic mass is 35.5. The summed E-state index contributed by atoms with van der Waals surface area (Å²) in [5, 5.41) is 2.28. The van der Waals surface area contributed by atoms with Crippen molar-refractivity contribution in [1.29, 1.82) is 0 Å². The fourth-order valence-electron chi connectivity index (χ4n) is 6.17. The summed E-state index contributed by atoms with van der Waals surface area (Å²) in [5.74, 6) is 2.44. The lowest BCUT2D eigenvalue weighted by atomic mass is 9.77. The lowest BCUT2D eigenvalue weighted by molar-refractivity contribution is -0.127. The molecule has 1 saturated heterocycles. The van der Waals surface area contributed by atoms with Crippen LogP contribution in [0.1, 0.15) is 50.4 Å². The average molecular weight is 630 g/mol. The van der Waals surface area contributed by atoms with Gasteiger partial charge in [0, 0.05) is 37.4 Å². The second-order valence-corrected chi connectivity index (χ2v) is 12.9. The highest BCUT2D eigenvalue weighted by Crippen LogP contribution is 2.37. The monoisotopic (exact) mass is 630 g/mol. The molecule has 3 aromatic heterocycles. The van der Waals surface area contributed by atoms with Crippen molar-refractivity contribution in [1.82, 2.24) is 24.4 Å². The van der Waals surface area contributed by atoms with Gasteiger partial charge in [-0.1, -0.05) is 62.7 Å². The molecule has 0 radical (unpaired) electrons. The molecule has 0 bridgehead atoms. The largest absolute Gasteiger partial charge is 0.355 e. The molecule has 46 heavy (non-hydrogen) atoms. The van der Waals surface area contributed by atoms with E-state index in [1.54, 1.807) is 10.8 Å². The topological polar surface area (TPSA) is 84.2 Å². The Bertz CT molecular complexity index is 1940. The Labute approximate surface area is 279 Å². The van der Waals surface area contributed by atoms with Gasteiger partial charge in [0.1, 0.15) is 37.2 Å². The van der Waals surface area contributed by atoms with E-state index in [2.05, 4.69) is 54.4 Å². The lowest BCUT2D eigenvalue weighted by Gasteiger charge is -2.41. The van der Waals surface area contributed by atoms with Crippen molar-refractivity contribution < 1.29 is 4.79 Å². The van der Waals surface area contributed by atoms with Gasteiger partial charge in [0.25, 0.3) is 0 Å². The van der Waals surface area contributed by atoms with Crippen LogP contribution in [0.25, 0.3) is 34.1 Å². The average Bonchev–Trinajstić information content (AvgIpc) is 3.03. The minimum Gasteiger partial charge on any atom is -0.350 e. The molecule has 0 spiro atoms. The number of benzene rings is 1. The molecular formula is C33H39B4ClN6O2. The fraction of sp³-hybridized carbons (Fsp3) is 0.303. The molecular weight excluding hydrogens is 591 g/mol. The van der Waals surface area contributed by atoms with E-state index in [0.717, 1.165) is 33.4 Å². The smallest absolute Gasteiger partial charge is 0.350 e. The quantitative estimate of drug-likeness (QED) is 0.229. The molecule has 0 unspecified atom stereocenters. The molecule has 4 aromatic rings. The third-order valence-corrected chi connectivity index (χ3v) is 8.89. The first-order chi connectivity index (χ1) is 22.0. The zero-order valence-electron chi connectivity index (χ0n) is 28.1. The van der Waals surface area contributed by atoms with Gasteiger partial charge in [-0.15, -0.1) is 11.3 Å². The zero-order valence-corrected chi connectivity index (χ0v) is 28.8. The van der Waals surface area contributed by atoms with Crippen LogP contribution in [-0.4, -0.2) is 87.4 Å². The summed E-state index contributed by atoms with van der Waals surface area (Å²) in [7, 11) is 7.82. The van der Waals surface area contributed by atoms with Crippen molar-refractivity contribution in [2.45, 2.75) is 46.1 Å². The molecule has 1 aliphatic heterocycles. The molecule has 1 atom stereocenters. The summed E-state index contributed by atoms with van der Waals surface area (Å²) in [6.45, 7) is 9.80. The summed E-state index contributed by atoms with van der Waals surface area (Å²) in [6.07, 6.45) is 4.61. The number of halogens is 1. The maximum absolute atomic E-state index is 14.3. The molecule has 0 aliphatic carbocycles. The number of hydrogen-bond acceptors (Lipinski definition) is 6. The molecule has 5 rings (SSSR count). The van der Waals surface area contributed by atoms with Crippen LogP contribution in [0.5, 0.6) is 0 Å². The SMILES string of the molecule is B/C=C(\B)C(=O)N1CCN(c2nc(=O)n(-c3c(CC)ccnc3C(C)C)c3nc(-c4ccccc4C=C(B)B)c(Cl)cc23)[C@@H](C)C1. The van der Waals surface area contributed by atoms with Gasteiger partial charge in [0.05, 0.1) is 27.5 Å². The number of pyridine rings is 2. The number of nitrogens with zero attached hydrogens (tertiary/aromatic N) is 6. The first kappa shape index (κ1) is 33.3. The van der Waals surface area contributed by atoms with E-state index in [1.807, 2.05) is 63.0 Å². The maximum Gasteiger partial charge on any atom is 0.355 e. The highest BCUT2D eigenvalue weighted by molar-refractivity contribution is 6.50. The number of anilines is 1. The van der Waals surface area contributed by atoms with Crippen molar-refractivity contribution >= 4 is 71.8 Å². The van der Waals surface area contributed by atoms with Crippen molar-refractivity contribution in [2.24, 2.45) is 0 Å². The molecule has 13 heteroatoms. The summed E-state index contributed by atoms with van der Waals surface area (Å²) in [4.78, 5) is 46.0. The predicted octanol–water partition coefficient (Wildman–Crippen LogP) is 1.89. The maximum atomic E-state index is 14.3. The van der Waals surface area contributed by atoms with Gasteiger partial charge in [-0.25, -0.2) is 14.3 Å². The predicted molar refractivity (Wildman–Crippen MR) is 200 cm³/mol. The fourth-order valence-corrected chi connectivity index (χ4v) is 6.43. The molecule has 0 saturated carbocycles. The van der Waals surface area contributed by atoms with Crippen LogP contribution in [0.15, 0.2) is 64.2 Å². The number of rotatable bonds is 7. The number of fused-ring (bicyclic) bond motifs is 1. The molecule has 232 valence electrons. The van der Waals surface area contributed by atoms with E-state index in [4.69, 9.17) is 26.6 Å². The van der Waals surface area contributed by atoms with Crippen molar-refractivity contribution in [2.75, 3.05) is 24.5 Å². The number of aromatic nitrogens is 4. The zero-order chi connectivity index (χ0) is 33.3. The Balaban J connectivity index is 1.81.